The normalized spacial score (nSPS) is 14.7. The van der Waals surface area contributed by atoms with Crippen LogP contribution in [0.3, 0.4) is 0 Å². The highest BCUT2D eigenvalue weighted by Crippen LogP contribution is 2.28. The molecule has 0 bridgehead atoms. The lowest BCUT2D eigenvalue weighted by atomic mass is 10.2. The molecule has 112 valence electrons. The number of hydrogen-bond acceptors (Lipinski definition) is 7. The van der Waals surface area contributed by atoms with E-state index in [2.05, 4.69) is 24.7 Å². The number of nitrogens with two attached hydrogens (primary N) is 1. The molecule has 0 radical (unpaired) electrons. The molecule has 0 amide bonds. The van der Waals surface area contributed by atoms with Crippen LogP contribution in [0.2, 0.25) is 0 Å². The van der Waals surface area contributed by atoms with Crippen LogP contribution in [0.15, 0.2) is 16.2 Å². The molecule has 1 aliphatic rings. The number of ether oxygens (including phenoxy) is 1. The topological polar surface area (TPSA) is 91.7 Å². The summed E-state index contributed by atoms with van der Waals surface area (Å²) in [5.74, 6) is 2.08. The van der Waals surface area contributed by atoms with Gasteiger partial charge in [-0.3, -0.25) is 0 Å². The Labute approximate surface area is 127 Å². The fraction of sp³-hybridized carbons (Fsp3) is 0.538. The van der Waals surface area contributed by atoms with E-state index in [1.165, 1.54) is 31.0 Å². The lowest BCUT2D eigenvalue weighted by Gasteiger charge is -2.07. The first-order valence-electron chi connectivity index (χ1n) is 6.98. The fourth-order valence-electron chi connectivity index (χ4n) is 2.37. The van der Waals surface area contributed by atoms with Gasteiger partial charge in [0.05, 0.1) is 0 Å². The van der Waals surface area contributed by atoms with Crippen LogP contribution in [-0.2, 0) is 24.3 Å². The van der Waals surface area contributed by atoms with E-state index in [4.69, 9.17) is 10.5 Å². The Bertz CT molecular complexity index is 629. The molecule has 1 aliphatic heterocycles. The number of nitrogen functional groups attached to an aromatic ring is 1. The first kappa shape index (κ1) is 14.3. The Morgan fingerprint density at radius 3 is 3.05 bits per heavy atom. The number of nitrogens with zero attached hydrogens (tertiary/aromatic N) is 5. The van der Waals surface area contributed by atoms with Crippen LogP contribution in [0.5, 0.6) is 0 Å². The van der Waals surface area contributed by atoms with Gasteiger partial charge in [-0.25, -0.2) is 9.97 Å². The molecule has 0 fully saturated rings. The quantitative estimate of drug-likeness (QED) is 0.859. The molecular formula is C13H18N6OS. The van der Waals surface area contributed by atoms with E-state index < -0.39 is 0 Å². The van der Waals surface area contributed by atoms with Gasteiger partial charge < -0.3 is 15.0 Å². The number of aromatic nitrogens is 5. The zero-order valence-corrected chi connectivity index (χ0v) is 12.8. The van der Waals surface area contributed by atoms with Crippen LogP contribution < -0.4 is 5.73 Å². The molecule has 7 nitrogen and oxygen atoms in total. The van der Waals surface area contributed by atoms with E-state index in [1.54, 1.807) is 13.2 Å². The van der Waals surface area contributed by atoms with Crippen molar-refractivity contribution in [3.63, 3.8) is 0 Å². The molecule has 2 aromatic heterocycles. The van der Waals surface area contributed by atoms with Gasteiger partial charge in [0.2, 0.25) is 0 Å². The van der Waals surface area contributed by atoms with E-state index >= 15 is 0 Å². The number of methoxy groups -OCH3 is 1. The van der Waals surface area contributed by atoms with Crippen LogP contribution in [-0.4, -0.2) is 31.8 Å². The summed E-state index contributed by atoms with van der Waals surface area (Å²) in [7, 11) is 1.61. The van der Waals surface area contributed by atoms with Crippen molar-refractivity contribution >= 4 is 17.6 Å². The third kappa shape index (κ3) is 3.33. The summed E-state index contributed by atoms with van der Waals surface area (Å²) in [5.41, 5.74) is 5.82. The third-order valence-electron chi connectivity index (χ3n) is 3.31. The molecule has 3 rings (SSSR count). The van der Waals surface area contributed by atoms with Crippen molar-refractivity contribution in [1.82, 2.24) is 24.7 Å². The standard InChI is InChI=1S/C13H18N6OS/c1-20-8-10-15-9(14)7-12(16-10)21-13-18-17-11-5-3-2-4-6-19(11)13/h7H,2-6,8H2,1H3,(H2,14,15,16). The number of hydrogen-bond donors (Lipinski definition) is 1. The summed E-state index contributed by atoms with van der Waals surface area (Å²) in [6, 6.07) is 1.75. The van der Waals surface area contributed by atoms with Gasteiger partial charge in [-0.2, -0.15) is 0 Å². The molecule has 2 N–H and O–H groups in total. The lowest BCUT2D eigenvalue weighted by molar-refractivity contribution is 0.177. The van der Waals surface area contributed by atoms with Crippen molar-refractivity contribution in [3.05, 3.63) is 17.7 Å². The Morgan fingerprint density at radius 2 is 2.19 bits per heavy atom. The van der Waals surface area contributed by atoms with Gasteiger partial charge in [0.25, 0.3) is 0 Å². The van der Waals surface area contributed by atoms with E-state index in [9.17, 15) is 0 Å². The largest absolute Gasteiger partial charge is 0.384 e. The zero-order valence-electron chi connectivity index (χ0n) is 11.9. The summed E-state index contributed by atoms with van der Waals surface area (Å²) < 4.78 is 7.24. The molecule has 21 heavy (non-hydrogen) atoms. The monoisotopic (exact) mass is 306 g/mol. The van der Waals surface area contributed by atoms with E-state index in [0.717, 1.165) is 29.0 Å². The zero-order chi connectivity index (χ0) is 14.7. The Morgan fingerprint density at radius 1 is 1.29 bits per heavy atom. The smallest absolute Gasteiger partial charge is 0.197 e. The van der Waals surface area contributed by atoms with E-state index in [1.807, 2.05) is 0 Å². The highest BCUT2D eigenvalue weighted by Gasteiger charge is 2.16. The summed E-state index contributed by atoms with van der Waals surface area (Å²) in [4.78, 5) is 8.58. The van der Waals surface area contributed by atoms with Crippen molar-refractivity contribution in [1.29, 1.82) is 0 Å². The predicted octanol–water partition coefficient (Wildman–Crippen LogP) is 1.67. The molecule has 0 spiro atoms. The minimum Gasteiger partial charge on any atom is -0.384 e. The number of fused-ring (bicyclic) bond motifs is 1. The summed E-state index contributed by atoms with van der Waals surface area (Å²) in [6.07, 6.45) is 4.58. The molecule has 2 aromatic rings. The van der Waals surface area contributed by atoms with Crippen molar-refractivity contribution in [2.45, 2.75) is 49.0 Å². The molecule has 0 saturated carbocycles. The van der Waals surface area contributed by atoms with Crippen molar-refractivity contribution in [3.8, 4) is 0 Å². The van der Waals surface area contributed by atoms with Gasteiger partial charge in [0.15, 0.2) is 11.0 Å². The van der Waals surface area contributed by atoms with Crippen LogP contribution in [0.4, 0.5) is 5.82 Å². The minimum atomic E-state index is 0.344. The highest BCUT2D eigenvalue weighted by atomic mass is 32.2. The van der Waals surface area contributed by atoms with E-state index in [-0.39, 0.29) is 0 Å². The fourth-order valence-corrected chi connectivity index (χ4v) is 3.27. The van der Waals surface area contributed by atoms with Gasteiger partial charge in [-0.05, 0) is 24.6 Å². The van der Waals surface area contributed by atoms with E-state index in [0.29, 0.717) is 18.2 Å². The molecule has 0 aromatic carbocycles. The molecule has 8 heteroatoms. The van der Waals surface area contributed by atoms with Gasteiger partial charge >= 0.3 is 0 Å². The second-order valence-corrected chi connectivity index (χ2v) is 5.93. The third-order valence-corrected chi connectivity index (χ3v) is 4.22. The Kier molecular flexibility index (Phi) is 4.35. The number of rotatable bonds is 4. The second kappa shape index (κ2) is 6.40. The summed E-state index contributed by atoms with van der Waals surface area (Å²) in [5, 5.41) is 10.2. The van der Waals surface area contributed by atoms with Gasteiger partial charge in [-0.15, -0.1) is 10.2 Å². The second-order valence-electron chi connectivity index (χ2n) is 4.94. The van der Waals surface area contributed by atoms with Gasteiger partial charge in [0, 0.05) is 26.1 Å². The first-order chi connectivity index (χ1) is 10.3. The molecule has 3 heterocycles. The van der Waals surface area contributed by atoms with Crippen molar-refractivity contribution < 1.29 is 4.74 Å². The Balaban J connectivity index is 1.85. The molecule has 0 saturated heterocycles. The van der Waals surface area contributed by atoms with Crippen LogP contribution in [0, 0.1) is 0 Å². The lowest BCUT2D eigenvalue weighted by Crippen LogP contribution is -2.04. The summed E-state index contributed by atoms with van der Waals surface area (Å²) >= 11 is 1.48. The molecule has 0 aliphatic carbocycles. The SMILES string of the molecule is COCc1nc(N)cc(Sc2nnc3n2CCCCC3)n1. The van der Waals surface area contributed by atoms with Gasteiger partial charge in [0.1, 0.15) is 23.3 Å². The van der Waals surface area contributed by atoms with Crippen molar-refractivity contribution in [2.24, 2.45) is 0 Å². The predicted molar refractivity (Wildman–Crippen MR) is 78.9 cm³/mol. The number of aryl methyl sites for hydroxylation is 1. The maximum absolute atomic E-state index is 5.82. The van der Waals surface area contributed by atoms with Crippen molar-refractivity contribution in [2.75, 3.05) is 12.8 Å². The van der Waals surface area contributed by atoms with Crippen LogP contribution in [0.1, 0.15) is 30.9 Å². The minimum absolute atomic E-state index is 0.344. The molecule has 0 unspecified atom stereocenters. The van der Waals surface area contributed by atoms with Gasteiger partial charge in [-0.1, -0.05) is 6.42 Å². The Hall–Kier alpha value is -1.67. The average Bonchev–Trinajstić information content (AvgIpc) is 2.68. The summed E-state index contributed by atoms with van der Waals surface area (Å²) in [6.45, 7) is 1.31. The maximum atomic E-state index is 5.82. The maximum Gasteiger partial charge on any atom is 0.197 e. The average molecular weight is 306 g/mol. The van der Waals surface area contributed by atoms with Crippen LogP contribution >= 0.6 is 11.8 Å². The molecular weight excluding hydrogens is 288 g/mol. The molecule has 0 atom stereocenters. The van der Waals surface area contributed by atoms with Crippen LogP contribution in [0.25, 0.3) is 0 Å². The first-order valence-corrected chi connectivity index (χ1v) is 7.80. The number of anilines is 1. The highest BCUT2D eigenvalue weighted by molar-refractivity contribution is 7.99.